The molecule has 0 aliphatic carbocycles. The summed E-state index contributed by atoms with van der Waals surface area (Å²) < 4.78 is 29.2. The molecule has 0 saturated carbocycles. The summed E-state index contributed by atoms with van der Waals surface area (Å²) in [5, 5.41) is 2.94. The molecule has 0 heterocycles. The van der Waals surface area contributed by atoms with Crippen LogP contribution in [0, 0.1) is 0 Å². The van der Waals surface area contributed by atoms with Gasteiger partial charge in [0.2, 0.25) is 0 Å². The van der Waals surface area contributed by atoms with Gasteiger partial charge in [-0.1, -0.05) is 121 Å². The van der Waals surface area contributed by atoms with E-state index in [1.807, 2.05) is 131 Å². The molecule has 0 unspecified atom stereocenters. The van der Waals surface area contributed by atoms with Crippen LogP contribution in [0.3, 0.4) is 0 Å². The molecule has 0 bridgehead atoms. The van der Waals surface area contributed by atoms with Crippen molar-refractivity contribution in [2.24, 2.45) is 0 Å². The van der Waals surface area contributed by atoms with Crippen LogP contribution in [0.2, 0.25) is 9.88 Å². The molecule has 0 amide bonds. The van der Waals surface area contributed by atoms with Crippen LogP contribution in [-0.4, -0.2) is 22.0 Å². The first-order valence-corrected chi connectivity index (χ1v) is 27.6. The predicted octanol–water partition coefficient (Wildman–Crippen LogP) is 7.14. The second-order valence-electron chi connectivity index (χ2n) is 8.29. The van der Waals surface area contributed by atoms with Gasteiger partial charge in [-0.25, -0.2) is 0 Å². The van der Waals surface area contributed by atoms with Crippen LogP contribution in [0.4, 0.5) is 0 Å². The average Bonchev–Trinajstić information content (AvgIpc) is 2.85. The van der Waals surface area contributed by atoms with Gasteiger partial charge in [0.25, 0.3) is 0 Å². The first kappa shape index (κ1) is 27.3. The van der Waals surface area contributed by atoms with Crippen molar-refractivity contribution in [1.82, 2.24) is 0 Å². The summed E-state index contributed by atoms with van der Waals surface area (Å²) in [7, 11) is 4.73. The molecule has 0 N–H and O–H groups in total. The van der Waals surface area contributed by atoms with Crippen molar-refractivity contribution in [2.45, 2.75) is 9.88 Å². The molecule has 0 atom stereocenters. The van der Waals surface area contributed by atoms with Gasteiger partial charge in [-0.05, 0) is 0 Å². The Morgan fingerprint density at radius 3 is 0.853 bits per heavy atom. The van der Waals surface area contributed by atoms with Crippen molar-refractivity contribution in [2.75, 3.05) is 5.90 Å². The molecule has 4 rings (SSSR count). The van der Waals surface area contributed by atoms with Gasteiger partial charge >= 0.3 is 43.8 Å². The third-order valence-electron chi connectivity index (χ3n) is 5.09. The van der Waals surface area contributed by atoms with Gasteiger partial charge in [0.1, 0.15) is 0 Å². The second-order valence-corrected chi connectivity index (χ2v) is 36.0. The molecule has 176 valence electrons. The molecule has 4 aromatic rings. The van der Waals surface area contributed by atoms with Crippen LogP contribution in [-0.2, 0) is 9.13 Å². The topological polar surface area (TPSA) is 34.1 Å². The van der Waals surface area contributed by atoms with Gasteiger partial charge in [0, 0.05) is 21.2 Å². The minimum absolute atomic E-state index is 0.0854. The second kappa shape index (κ2) is 12.1. The Labute approximate surface area is 214 Å². The summed E-state index contributed by atoms with van der Waals surface area (Å²) >= 11 is -2.24. The van der Waals surface area contributed by atoms with Crippen molar-refractivity contribution in [3.63, 3.8) is 0 Å². The number of rotatable bonds is 6. The van der Waals surface area contributed by atoms with E-state index in [1.165, 1.54) is 0 Å². The van der Waals surface area contributed by atoms with E-state index < -0.39 is 30.4 Å². The monoisotopic (exact) mass is 636 g/mol. The Hall–Kier alpha value is -1.28. The maximum atomic E-state index is 14.6. The van der Waals surface area contributed by atoms with Gasteiger partial charge in [-0.15, -0.1) is 0 Å². The fourth-order valence-electron chi connectivity index (χ4n) is 3.58. The zero-order valence-corrected chi connectivity index (χ0v) is 25.4. The van der Waals surface area contributed by atoms with E-state index in [9.17, 15) is 9.13 Å². The summed E-state index contributed by atoms with van der Waals surface area (Å²) in [4.78, 5) is 3.86. The maximum absolute atomic E-state index is 14.6. The molecular formula is C27H28Cl2O2P2Sn. The molecule has 0 spiro atoms. The molecule has 0 aromatic heterocycles. The summed E-state index contributed by atoms with van der Waals surface area (Å²) in [6.07, 6.45) is 0. The first-order chi connectivity index (χ1) is 16.1. The zero-order valence-electron chi connectivity index (χ0n) is 19.2. The Morgan fingerprint density at radius 2 is 0.676 bits per heavy atom. The van der Waals surface area contributed by atoms with Crippen molar-refractivity contribution < 1.29 is 9.13 Å². The van der Waals surface area contributed by atoms with Crippen molar-refractivity contribution in [1.29, 1.82) is 0 Å². The Bertz CT molecular complexity index is 1080. The fourth-order valence-corrected chi connectivity index (χ4v) is 11.6. The summed E-state index contributed by atoms with van der Waals surface area (Å²) in [6, 6.07) is 37.8. The van der Waals surface area contributed by atoms with E-state index in [4.69, 9.17) is 17.8 Å². The normalized spacial score (nSPS) is 11.9. The van der Waals surface area contributed by atoms with Crippen molar-refractivity contribution >= 4 is 69.5 Å². The molecule has 2 nitrogen and oxygen atoms in total. The van der Waals surface area contributed by atoms with Crippen molar-refractivity contribution in [3.05, 3.63) is 121 Å². The Morgan fingerprint density at radius 1 is 0.500 bits per heavy atom. The third kappa shape index (κ3) is 7.36. The number of hydrogen-bond acceptors (Lipinski definition) is 2. The van der Waals surface area contributed by atoms with E-state index in [0.717, 1.165) is 21.2 Å². The third-order valence-corrected chi connectivity index (χ3v) is 12.8. The van der Waals surface area contributed by atoms with E-state index in [0.29, 0.717) is 0 Å². The van der Waals surface area contributed by atoms with E-state index in [1.54, 1.807) is 0 Å². The SMILES string of the molecule is O=P(CP(=O)(c1ccccc1)c1ccccc1)(c1ccccc1)c1ccccc1.[CH3][Sn]([CH3])([Cl])[Cl]. The van der Waals surface area contributed by atoms with Gasteiger partial charge in [-0.3, -0.25) is 0 Å². The summed E-state index contributed by atoms with van der Waals surface area (Å²) in [6.45, 7) is 0. The zero-order chi connectivity index (χ0) is 24.7. The molecular weight excluding hydrogens is 608 g/mol. The number of halogens is 2. The molecule has 0 fully saturated rings. The van der Waals surface area contributed by atoms with Gasteiger partial charge in [-0.2, -0.15) is 0 Å². The number of hydrogen-bond donors (Lipinski definition) is 0. The standard InChI is InChI=1S/C25H22O2P2.2CH3.2ClH.Sn/c26-28(22-13-5-1-6-14-22,23-15-7-2-8-16-23)21-29(27,24-17-9-3-10-18-24)25-19-11-4-12-20-25;;;;;/h1-20H,21H2;2*1H3;2*1H;/q;;;;;+2/p-2. The molecule has 0 aliphatic rings. The summed E-state index contributed by atoms with van der Waals surface area (Å²) in [5.41, 5.74) is 0. The molecule has 0 radical (unpaired) electrons. The van der Waals surface area contributed by atoms with E-state index >= 15 is 0 Å². The fraction of sp³-hybridized carbons (Fsp3) is 0.111. The average molecular weight is 636 g/mol. The van der Waals surface area contributed by atoms with Gasteiger partial charge in [0.15, 0.2) is 14.3 Å². The first-order valence-electron chi connectivity index (χ1n) is 10.9. The molecule has 4 aromatic carbocycles. The van der Waals surface area contributed by atoms with Gasteiger partial charge in [0.05, 0.1) is 5.90 Å². The summed E-state index contributed by atoms with van der Waals surface area (Å²) in [5.74, 6) is 0.0854. The van der Waals surface area contributed by atoms with Crippen LogP contribution >= 0.6 is 32.1 Å². The Balaban J connectivity index is 0.000000588. The van der Waals surface area contributed by atoms with Crippen LogP contribution in [0.5, 0.6) is 0 Å². The number of benzene rings is 4. The van der Waals surface area contributed by atoms with Crippen LogP contribution in [0.15, 0.2) is 121 Å². The van der Waals surface area contributed by atoms with Crippen molar-refractivity contribution in [3.8, 4) is 0 Å². The van der Waals surface area contributed by atoms with Gasteiger partial charge < -0.3 is 9.13 Å². The minimum atomic E-state index is -3.14. The molecule has 7 heteroatoms. The molecule has 34 heavy (non-hydrogen) atoms. The quantitative estimate of drug-likeness (QED) is 0.167. The Kier molecular flexibility index (Phi) is 9.73. The molecule has 0 aliphatic heterocycles. The van der Waals surface area contributed by atoms with Crippen LogP contribution < -0.4 is 21.2 Å². The molecule has 0 saturated heterocycles. The van der Waals surface area contributed by atoms with Crippen LogP contribution in [0.25, 0.3) is 0 Å². The van der Waals surface area contributed by atoms with E-state index in [2.05, 4.69) is 0 Å². The van der Waals surface area contributed by atoms with E-state index in [-0.39, 0.29) is 5.90 Å². The predicted molar refractivity (Wildman–Crippen MR) is 154 cm³/mol. The van der Waals surface area contributed by atoms with Crippen LogP contribution in [0.1, 0.15) is 0 Å².